The minimum atomic E-state index is 0.197. The van der Waals surface area contributed by atoms with Crippen molar-refractivity contribution in [3.63, 3.8) is 0 Å². The van der Waals surface area contributed by atoms with E-state index < -0.39 is 0 Å². The summed E-state index contributed by atoms with van der Waals surface area (Å²) in [6.45, 7) is 6.82. The van der Waals surface area contributed by atoms with Crippen LogP contribution in [0, 0.1) is 0 Å². The van der Waals surface area contributed by atoms with Gasteiger partial charge < -0.3 is 10.0 Å². The van der Waals surface area contributed by atoms with Crippen molar-refractivity contribution in [1.29, 1.82) is 0 Å². The molecular formula is C15H23NO. The van der Waals surface area contributed by atoms with Crippen LogP contribution in [0.5, 0.6) is 5.75 Å². The predicted molar refractivity (Wildman–Crippen MR) is 71.6 cm³/mol. The molecule has 0 radical (unpaired) electrons. The molecule has 1 aromatic rings. The summed E-state index contributed by atoms with van der Waals surface area (Å²) in [6.07, 6.45) is 3.37. The zero-order valence-electron chi connectivity index (χ0n) is 11.2. The lowest BCUT2D eigenvalue weighted by molar-refractivity contribution is 0.271. The third-order valence-corrected chi connectivity index (χ3v) is 4.33. The molecule has 17 heavy (non-hydrogen) atoms. The smallest absolute Gasteiger partial charge is 0.115 e. The number of hydrogen-bond acceptors (Lipinski definition) is 2. The molecule has 0 amide bonds. The van der Waals surface area contributed by atoms with Crippen molar-refractivity contribution in [2.45, 2.75) is 38.5 Å². The first-order chi connectivity index (χ1) is 8.05. The lowest BCUT2D eigenvalue weighted by Gasteiger charge is -2.35. The summed E-state index contributed by atoms with van der Waals surface area (Å²) in [6, 6.07) is 5.89. The standard InChI is InChI=1S/C15H23NO/c1-4-15(2)8-10-16(3)9-7-12-5-6-13(17)11-14(12)15/h5-6,11,17H,4,7-10H2,1-3H3. The molecule has 0 spiro atoms. The molecule has 1 aliphatic heterocycles. The van der Waals surface area contributed by atoms with Gasteiger partial charge in [-0.05, 0) is 61.5 Å². The number of benzene rings is 1. The second-order valence-corrected chi connectivity index (χ2v) is 5.56. The van der Waals surface area contributed by atoms with E-state index in [1.807, 2.05) is 12.1 Å². The Morgan fingerprint density at radius 3 is 2.82 bits per heavy atom. The first kappa shape index (κ1) is 12.4. The average Bonchev–Trinajstić information content (AvgIpc) is 2.33. The Morgan fingerprint density at radius 2 is 2.12 bits per heavy atom. The van der Waals surface area contributed by atoms with Gasteiger partial charge in [0.2, 0.25) is 0 Å². The predicted octanol–water partition coefficient (Wildman–Crippen LogP) is 2.94. The van der Waals surface area contributed by atoms with Gasteiger partial charge >= 0.3 is 0 Å². The highest BCUT2D eigenvalue weighted by Crippen LogP contribution is 2.37. The molecule has 0 saturated carbocycles. The Labute approximate surface area is 104 Å². The van der Waals surface area contributed by atoms with Crippen molar-refractivity contribution in [3.05, 3.63) is 29.3 Å². The first-order valence-corrected chi connectivity index (χ1v) is 6.56. The van der Waals surface area contributed by atoms with Gasteiger partial charge in [-0.25, -0.2) is 0 Å². The molecule has 1 aliphatic rings. The van der Waals surface area contributed by atoms with E-state index in [1.54, 1.807) is 0 Å². The average molecular weight is 233 g/mol. The Balaban J connectivity index is 2.46. The number of rotatable bonds is 1. The maximum Gasteiger partial charge on any atom is 0.115 e. The molecule has 0 saturated heterocycles. The Bertz CT molecular complexity index is 402. The summed E-state index contributed by atoms with van der Waals surface area (Å²) in [5, 5.41) is 9.72. The SMILES string of the molecule is CCC1(C)CCN(C)CCc2ccc(O)cc21. The van der Waals surface area contributed by atoms with Crippen LogP contribution in [0.2, 0.25) is 0 Å². The van der Waals surface area contributed by atoms with Crippen LogP contribution >= 0.6 is 0 Å². The third-order valence-electron chi connectivity index (χ3n) is 4.33. The topological polar surface area (TPSA) is 23.5 Å². The fraction of sp³-hybridized carbons (Fsp3) is 0.600. The van der Waals surface area contributed by atoms with Crippen molar-refractivity contribution in [2.24, 2.45) is 0 Å². The summed E-state index contributed by atoms with van der Waals surface area (Å²) < 4.78 is 0. The molecule has 1 unspecified atom stereocenters. The molecule has 1 heterocycles. The van der Waals surface area contributed by atoms with Crippen LogP contribution in [0.1, 0.15) is 37.8 Å². The highest BCUT2D eigenvalue weighted by atomic mass is 16.3. The largest absolute Gasteiger partial charge is 0.508 e. The van der Waals surface area contributed by atoms with Gasteiger partial charge in [0.25, 0.3) is 0 Å². The highest BCUT2D eigenvalue weighted by molar-refractivity contribution is 5.40. The van der Waals surface area contributed by atoms with Crippen LogP contribution in [0.3, 0.4) is 0 Å². The maximum atomic E-state index is 9.72. The second-order valence-electron chi connectivity index (χ2n) is 5.56. The lowest BCUT2D eigenvalue weighted by Crippen LogP contribution is -2.34. The maximum absolute atomic E-state index is 9.72. The van der Waals surface area contributed by atoms with E-state index in [2.05, 4.69) is 31.9 Å². The van der Waals surface area contributed by atoms with Crippen molar-refractivity contribution in [1.82, 2.24) is 4.90 Å². The van der Waals surface area contributed by atoms with Gasteiger partial charge in [-0.2, -0.15) is 0 Å². The third kappa shape index (κ3) is 2.47. The molecule has 2 rings (SSSR count). The fourth-order valence-corrected chi connectivity index (χ4v) is 2.71. The molecule has 94 valence electrons. The number of nitrogens with zero attached hydrogens (tertiary/aromatic N) is 1. The second kappa shape index (κ2) is 4.69. The van der Waals surface area contributed by atoms with Crippen molar-refractivity contribution in [3.8, 4) is 5.75 Å². The van der Waals surface area contributed by atoms with Gasteiger partial charge in [0.05, 0.1) is 0 Å². The van der Waals surface area contributed by atoms with E-state index in [0.29, 0.717) is 5.75 Å². The summed E-state index contributed by atoms with van der Waals surface area (Å²) >= 11 is 0. The normalized spacial score (nSPS) is 26.1. The van der Waals surface area contributed by atoms with E-state index in [0.717, 1.165) is 32.4 Å². The zero-order chi connectivity index (χ0) is 12.5. The number of phenols is 1. The fourth-order valence-electron chi connectivity index (χ4n) is 2.71. The highest BCUT2D eigenvalue weighted by Gasteiger charge is 2.29. The molecule has 2 heteroatoms. The van der Waals surface area contributed by atoms with Crippen LogP contribution in [-0.2, 0) is 11.8 Å². The molecule has 1 atom stereocenters. The molecule has 1 aromatic carbocycles. The quantitative estimate of drug-likeness (QED) is 0.806. The van der Waals surface area contributed by atoms with Gasteiger partial charge in [-0.3, -0.25) is 0 Å². The summed E-state index contributed by atoms with van der Waals surface area (Å²) in [5.41, 5.74) is 2.95. The number of phenolic OH excluding ortho intramolecular Hbond substituents is 1. The van der Waals surface area contributed by atoms with E-state index >= 15 is 0 Å². The van der Waals surface area contributed by atoms with Crippen LogP contribution < -0.4 is 0 Å². The van der Waals surface area contributed by atoms with Gasteiger partial charge in [0.15, 0.2) is 0 Å². The zero-order valence-corrected chi connectivity index (χ0v) is 11.2. The number of fused-ring (bicyclic) bond motifs is 1. The molecular weight excluding hydrogens is 210 g/mol. The van der Waals surface area contributed by atoms with Gasteiger partial charge in [0.1, 0.15) is 5.75 Å². The first-order valence-electron chi connectivity index (χ1n) is 6.56. The Kier molecular flexibility index (Phi) is 3.43. The summed E-state index contributed by atoms with van der Waals surface area (Å²) in [4.78, 5) is 2.41. The molecule has 2 nitrogen and oxygen atoms in total. The molecule has 0 aliphatic carbocycles. The van der Waals surface area contributed by atoms with E-state index in [1.165, 1.54) is 11.1 Å². The minimum absolute atomic E-state index is 0.197. The van der Waals surface area contributed by atoms with Crippen molar-refractivity contribution in [2.75, 3.05) is 20.1 Å². The van der Waals surface area contributed by atoms with Crippen molar-refractivity contribution < 1.29 is 5.11 Å². The van der Waals surface area contributed by atoms with Gasteiger partial charge in [-0.15, -0.1) is 0 Å². The summed E-state index contributed by atoms with van der Waals surface area (Å²) in [5.74, 6) is 0.400. The van der Waals surface area contributed by atoms with Crippen LogP contribution in [-0.4, -0.2) is 30.1 Å². The Morgan fingerprint density at radius 1 is 1.35 bits per heavy atom. The number of aromatic hydroxyl groups is 1. The van der Waals surface area contributed by atoms with Crippen molar-refractivity contribution >= 4 is 0 Å². The van der Waals surface area contributed by atoms with Crippen LogP contribution in [0.4, 0.5) is 0 Å². The van der Waals surface area contributed by atoms with Crippen LogP contribution in [0.25, 0.3) is 0 Å². The molecule has 0 bridgehead atoms. The van der Waals surface area contributed by atoms with E-state index in [-0.39, 0.29) is 5.41 Å². The molecule has 0 fully saturated rings. The van der Waals surface area contributed by atoms with E-state index in [4.69, 9.17) is 0 Å². The monoisotopic (exact) mass is 233 g/mol. The Hall–Kier alpha value is -1.02. The molecule has 0 aromatic heterocycles. The molecule has 1 N–H and O–H groups in total. The lowest BCUT2D eigenvalue weighted by atomic mass is 9.74. The summed E-state index contributed by atoms with van der Waals surface area (Å²) in [7, 11) is 2.20. The number of hydrogen-bond donors (Lipinski definition) is 1. The number of likely N-dealkylation sites (N-methyl/N-ethyl adjacent to an activating group) is 1. The van der Waals surface area contributed by atoms with Gasteiger partial charge in [0, 0.05) is 6.54 Å². The van der Waals surface area contributed by atoms with Crippen LogP contribution in [0.15, 0.2) is 18.2 Å². The minimum Gasteiger partial charge on any atom is -0.508 e. The van der Waals surface area contributed by atoms with Gasteiger partial charge in [-0.1, -0.05) is 19.9 Å². The van der Waals surface area contributed by atoms with E-state index in [9.17, 15) is 5.11 Å².